The fraction of sp³-hybridized carbons (Fsp3) is 0.300. The molecule has 0 saturated heterocycles. The van der Waals surface area contributed by atoms with E-state index in [1.807, 2.05) is 0 Å². The topological polar surface area (TPSA) is 58.6 Å². The molecule has 0 bridgehead atoms. The van der Waals surface area contributed by atoms with Gasteiger partial charge in [-0.15, -0.1) is 0 Å². The van der Waals surface area contributed by atoms with Gasteiger partial charge in [-0.25, -0.2) is 4.79 Å². The minimum Gasteiger partial charge on any atom is -0.508 e. The number of carbonyl (C=O) groups excluding carboxylic acids is 1. The highest BCUT2D eigenvalue weighted by Gasteiger charge is 2.27. The maximum atomic E-state index is 11.2. The number of carbonyl (C=O) groups is 1. The number of ether oxygens (including phenoxy) is 1. The van der Waals surface area contributed by atoms with Crippen LogP contribution in [0.25, 0.3) is 0 Å². The van der Waals surface area contributed by atoms with Crippen LogP contribution in [0.3, 0.4) is 0 Å². The Kier molecular flexibility index (Phi) is 2.04. The Balaban J connectivity index is 2.22. The molecule has 0 amide bonds. The second kappa shape index (κ2) is 3.21. The smallest absolute Gasteiger partial charge is 0.328 e. The Morgan fingerprint density at radius 2 is 2.43 bits per heavy atom. The van der Waals surface area contributed by atoms with Crippen molar-refractivity contribution in [2.24, 2.45) is 0 Å². The molecule has 4 heteroatoms. The minimum atomic E-state index is -0.322. The Morgan fingerprint density at radius 3 is 3.14 bits per heavy atom. The number of rotatable bonds is 1. The predicted molar refractivity (Wildman–Crippen MR) is 51.2 cm³/mol. The van der Waals surface area contributed by atoms with Gasteiger partial charge >= 0.3 is 5.97 Å². The molecule has 2 rings (SSSR count). The molecule has 1 heterocycles. The molecule has 0 spiro atoms. The van der Waals surface area contributed by atoms with E-state index in [0.717, 1.165) is 11.3 Å². The summed E-state index contributed by atoms with van der Waals surface area (Å²) in [6.45, 7) is 0. The van der Waals surface area contributed by atoms with Gasteiger partial charge in [0.25, 0.3) is 0 Å². The summed E-state index contributed by atoms with van der Waals surface area (Å²) in [5, 5.41) is 12.2. The Bertz CT molecular complexity index is 376. The van der Waals surface area contributed by atoms with Gasteiger partial charge in [0.1, 0.15) is 11.8 Å². The van der Waals surface area contributed by atoms with Crippen LogP contribution >= 0.6 is 0 Å². The van der Waals surface area contributed by atoms with Crippen molar-refractivity contribution >= 4 is 11.7 Å². The highest BCUT2D eigenvalue weighted by molar-refractivity contribution is 5.83. The molecule has 0 aromatic heterocycles. The number of methoxy groups -OCH3 is 1. The van der Waals surface area contributed by atoms with Crippen molar-refractivity contribution in [1.29, 1.82) is 0 Å². The second-order valence-electron chi connectivity index (χ2n) is 3.27. The van der Waals surface area contributed by atoms with Crippen LogP contribution in [0.4, 0.5) is 5.69 Å². The number of anilines is 1. The summed E-state index contributed by atoms with van der Waals surface area (Å²) in [5.74, 6) is -0.0811. The quantitative estimate of drug-likeness (QED) is 0.650. The molecule has 0 unspecified atom stereocenters. The minimum absolute atomic E-state index is 0.196. The molecule has 1 aromatic rings. The molecular weight excluding hydrogens is 182 g/mol. The predicted octanol–water partition coefficient (Wildman–Crippen LogP) is 0.902. The number of esters is 1. The molecule has 1 aliphatic heterocycles. The lowest BCUT2D eigenvalue weighted by Gasteiger charge is -2.07. The Hall–Kier alpha value is -1.71. The van der Waals surface area contributed by atoms with Crippen molar-refractivity contribution in [2.75, 3.05) is 12.4 Å². The molecule has 1 atom stereocenters. The third kappa shape index (κ3) is 1.39. The first-order chi connectivity index (χ1) is 6.70. The van der Waals surface area contributed by atoms with Crippen LogP contribution in [0, 0.1) is 0 Å². The van der Waals surface area contributed by atoms with E-state index in [1.54, 1.807) is 18.2 Å². The summed E-state index contributed by atoms with van der Waals surface area (Å²) < 4.78 is 4.63. The third-order valence-corrected chi connectivity index (χ3v) is 2.33. The van der Waals surface area contributed by atoms with Crippen LogP contribution in [0.2, 0.25) is 0 Å². The lowest BCUT2D eigenvalue weighted by Crippen LogP contribution is -2.27. The highest BCUT2D eigenvalue weighted by Crippen LogP contribution is 2.29. The lowest BCUT2D eigenvalue weighted by molar-refractivity contribution is -0.141. The zero-order chi connectivity index (χ0) is 10.1. The van der Waals surface area contributed by atoms with Gasteiger partial charge in [0, 0.05) is 18.2 Å². The van der Waals surface area contributed by atoms with Gasteiger partial charge in [-0.3, -0.25) is 0 Å². The standard InChI is InChI=1S/C10H11NO3/c1-14-10(13)9-4-6-2-3-7(12)5-8(6)11-9/h2-3,5,9,11-12H,4H2,1H3/t9-/m0/s1. The number of hydrogen-bond acceptors (Lipinski definition) is 4. The van der Waals surface area contributed by atoms with Gasteiger partial charge < -0.3 is 15.2 Å². The normalized spacial score (nSPS) is 18.5. The van der Waals surface area contributed by atoms with Crippen molar-refractivity contribution in [3.8, 4) is 5.75 Å². The maximum absolute atomic E-state index is 11.2. The number of fused-ring (bicyclic) bond motifs is 1. The van der Waals surface area contributed by atoms with E-state index in [4.69, 9.17) is 0 Å². The zero-order valence-corrected chi connectivity index (χ0v) is 7.78. The van der Waals surface area contributed by atoms with Crippen molar-refractivity contribution < 1.29 is 14.6 Å². The summed E-state index contributed by atoms with van der Waals surface area (Å²) in [5.41, 5.74) is 1.83. The zero-order valence-electron chi connectivity index (χ0n) is 7.78. The first-order valence-corrected chi connectivity index (χ1v) is 4.37. The van der Waals surface area contributed by atoms with Crippen LogP contribution in [0.5, 0.6) is 5.75 Å². The van der Waals surface area contributed by atoms with E-state index >= 15 is 0 Å². The second-order valence-corrected chi connectivity index (χ2v) is 3.27. The highest BCUT2D eigenvalue weighted by atomic mass is 16.5. The molecule has 1 aromatic carbocycles. The fourth-order valence-corrected chi connectivity index (χ4v) is 1.62. The first-order valence-electron chi connectivity index (χ1n) is 4.37. The molecule has 0 radical (unpaired) electrons. The number of hydrogen-bond donors (Lipinski definition) is 2. The average molecular weight is 193 g/mol. The van der Waals surface area contributed by atoms with Crippen molar-refractivity contribution in [1.82, 2.24) is 0 Å². The molecule has 0 fully saturated rings. The van der Waals surface area contributed by atoms with Crippen LogP contribution in [0.15, 0.2) is 18.2 Å². The van der Waals surface area contributed by atoms with Crippen LogP contribution in [0.1, 0.15) is 5.56 Å². The summed E-state index contributed by atoms with van der Waals surface area (Å²) in [7, 11) is 1.37. The van der Waals surface area contributed by atoms with Gasteiger partial charge in [0.05, 0.1) is 7.11 Å². The van der Waals surface area contributed by atoms with Crippen molar-refractivity contribution in [3.05, 3.63) is 23.8 Å². The number of aromatic hydroxyl groups is 1. The van der Waals surface area contributed by atoms with Gasteiger partial charge in [0.2, 0.25) is 0 Å². The summed E-state index contributed by atoms with van der Waals surface area (Å²) in [6.07, 6.45) is 0.613. The van der Waals surface area contributed by atoms with Crippen LogP contribution < -0.4 is 5.32 Å². The van der Waals surface area contributed by atoms with Gasteiger partial charge in [-0.05, 0) is 11.6 Å². The molecule has 74 valence electrons. The van der Waals surface area contributed by atoms with E-state index in [2.05, 4.69) is 10.1 Å². The fourth-order valence-electron chi connectivity index (χ4n) is 1.62. The molecule has 1 aliphatic rings. The largest absolute Gasteiger partial charge is 0.508 e. The maximum Gasteiger partial charge on any atom is 0.328 e. The molecule has 4 nitrogen and oxygen atoms in total. The van der Waals surface area contributed by atoms with Crippen LogP contribution in [-0.2, 0) is 16.0 Å². The number of benzene rings is 1. The third-order valence-electron chi connectivity index (χ3n) is 2.33. The van der Waals surface area contributed by atoms with E-state index in [9.17, 15) is 9.90 Å². The van der Waals surface area contributed by atoms with E-state index in [0.29, 0.717) is 6.42 Å². The summed E-state index contributed by atoms with van der Waals surface area (Å²) >= 11 is 0. The Labute approximate surface area is 81.5 Å². The number of nitrogens with one attached hydrogen (secondary N) is 1. The van der Waals surface area contributed by atoms with Crippen molar-refractivity contribution in [2.45, 2.75) is 12.5 Å². The molecule has 0 aliphatic carbocycles. The summed E-state index contributed by atoms with van der Waals surface area (Å²) in [6, 6.07) is 4.70. The van der Waals surface area contributed by atoms with Gasteiger partial charge in [0.15, 0.2) is 0 Å². The van der Waals surface area contributed by atoms with E-state index < -0.39 is 0 Å². The summed E-state index contributed by atoms with van der Waals surface area (Å²) in [4.78, 5) is 11.2. The average Bonchev–Trinajstić information content (AvgIpc) is 2.59. The van der Waals surface area contributed by atoms with Gasteiger partial charge in [-0.1, -0.05) is 6.07 Å². The van der Waals surface area contributed by atoms with Crippen molar-refractivity contribution in [3.63, 3.8) is 0 Å². The SMILES string of the molecule is COC(=O)[C@@H]1Cc2ccc(O)cc2N1. The number of phenols is 1. The molecule has 0 saturated carbocycles. The van der Waals surface area contributed by atoms with Gasteiger partial charge in [-0.2, -0.15) is 0 Å². The Morgan fingerprint density at radius 1 is 1.64 bits per heavy atom. The van der Waals surface area contributed by atoms with E-state index in [1.165, 1.54) is 7.11 Å². The van der Waals surface area contributed by atoms with E-state index in [-0.39, 0.29) is 17.8 Å². The first kappa shape index (κ1) is 8.87. The molecular formula is C10H11NO3. The molecule has 2 N–H and O–H groups in total. The molecule has 14 heavy (non-hydrogen) atoms. The monoisotopic (exact) mass is 193 g/mol. The lowest BCUT2D eigenvalue weighted by atomic mass is 10.1. The van der Waals surface area contributed by atoms with Crippen LogP contribution in [-0.4, -0.2) is 24.2 Å². The number of phenolic OH excluding ortho intramolecular Hbond substituents is 1.